The molecule has 0 unspecified atom stereocenters. The van der Waals surface area contributed by atoms with Gasteiger partial charge in [-0.05, 0) is 19.1 Å². The normalized spacial score (nSPS) is 9.28. The number of amides is 1. The molecule has 0 saturated carbocycles. The van der Waals surface area contributed by atoms with Gasteiger partial charge in [-0.25, -0.2) is 4.39 Å². The van der Waals surface area contributed by atoms with E-state index in [-0.39, 0.29) is 11.7 Å². The minimum atomic E-state index is -0.368. The molecule has 1 rings (SSSR count). The van der Waals surface area contributed by atoms with Crippen LogP contribution in [0.25, 0.3) is 0 Å². The fourth-order valence-electron chi connectivity index (χ4n) is 1.35. The van der Waals surface area contributed by atoms with Crippen LogP contribution in [0.1, 0.15) is 25.8 Å². The Bertz CT molecular complexity index is 474. The molecule has 0 atom stereocenters. The van der Waals surface area contributed by atoms with Gasteiger partial charge in [-0.3, -0.25) is 4.79 Å². The zero-order chi connectivity index (χ0) is 13.4. The van der Waals surface area contributed by atoms with Gasteiger partial charge in [0.25, 0.3) is 0 Å². The van der Waals surface area contributed by atoms with Crippen molar-refractivity contribution in [3.05, 3.63) is 29.6 Å². The first-order chi connectivity index (χ1) is 8.61. The minimum absolute atomic E-state index is 0.0822. The van der Waals surface area contributed by atoms with E-state index in [0.29, 0.717) is 30.9 Å². The van der Waals surface area contributed by atoms with Crippen LogP contribution in [0.4, 0.5) is 4.39 Å². The van der Waals surface area contributed by atoms with Gasteiger partial charge in [0.1, 0.15) is 11.6 Å². The highest BCUT2D eigenvalue weighted by atomic mass is 19.1. The molecular formula is C14H16FNO2. The molecule has 0 fully saturated rings. The van der Waals surface area contributed by atoms with Crippen LogP contribution >= 0.6 is 0 Å². The number of halogens is 1. The minimum Gasteiger partial charge on any atom is -0.494 e. The Morgan fingerprint density at radius 3 is 2.89 bits per heavy atom. The lowest BCUT2D eigenvalue weighted by Crippen LogP contribution is -2.20. The lowest BCUT2D eigenvalue weighted by Gasteiger charge is -2.03. The van der Waals surface area contributed by atoms with Crippen molar-refractivity contribution in [1.29, 1.82) is 0 Å². The van der Waals surface area contributed by atoms with Gasteiger partial charge in [-0.15, -0.1) is 0 Å². The maximum Gasteiger partial charge on any atom is 0.216 e. The molecule has 1 N–H and O–H groups in total. The Balaban J connectivity index is 2.60. The number of carbonyl (C=O) groups is 1. The molecule has 0 aliphatic heterocycles. The number of carbonyl (C=O) groups excluding carboxylic acids is 1. The first-order valence-corrected chi connectivity index (χ1v) is 5.78. The summed E-state index contributed by atoms with van der Waals surface area (Å²) in [5, 5.41) is 2.63. The summed E-state index contributed by atoms with van der Waals surface area (Å²) in [6.45, 7) is 4.27. The van der Waals surface area contributed by atoms with Crippen molar-refractivity contribution < 1.29 is 13.9 Å². The van der Waals surface area contributed by atoms with Crippen molar-refractivity contribution in [3.63, 3.8) is 0 Å². The average Bonchev–Trinajstić information content (AvgIpc) is 2.28. The lowest BCUT2D eigenvalue weighted by molar-refractivity contribution is -0.118. The van der Waals surface area contributed by atoms with Crippen LogP contribution in [-0.2, 0) is 4.79 Å². The molecule has 0 aliphatic carbocycles. The number of hydrogen-bond donors (Lipinski definition) is 1. The predicted molar refractivity (Wildman–Crippen MR) is 67.7 cm³/mol. The van der Waals surface area contributed by atoms with Crippen LogP contribution in [0.3, 0.4) is 0 Å². The summed E-state index contributed by atoms with van der Waals surface area (Å²) in [5.74, 6) is 5.73. The van der Waals surface area contributed by atoms with Gasteiger partial charge in [0.2, 0.25) is 5.91 Å². The Hall–Kier alpha value is -2.02. The third-order valence-corrected chi connectivity index (χ3v) is 2.04. The van der Waals surface area contributed by atoms with Gasteiger partial charge in [0.05, 0.1) is 6.61 Å². The molecular weight excluding hydrogens is 233 g/mol. The van der Waals surface area contributed by atoms with Crippen molar-refractivity contribution >= 4 is 5.91 Å². The molecule has 1 aromatic carbocycles. The standard InChI is InChI=1S/C14H16FNO2/c1-3-18-14-9-12(8-13(15)10-14)6-4-5-7-16-11(2)17/h8-10H,3,5,7H2,1-2H3,(H,16,17). The molecule has 0 heterocycles. The maximum atomic E-state index is 13.2. The van der Waals surface area contributed by atoms with Crippen LogP contribution in [0.2, 0.25) is 0 Å². The highest BCUT2D eigenvalue weighted by Gasteiger charge is 1.99. The summed E-state index contributed by atoms with van der Waals surface area (Å²) in [6, 6.07) is 4.37. The Labute approximate surface area is 106 Å². The number of hydrogen-bond acceptors (Lipinski definition) is 2. The fourth-order valence-corrected chi connectivity index (χ4v) is 1.35. The molecule has 18 heavy (non-hydrogen) atoms. The molecule has 4 heteroatoms. The van der Waals surface area contributed by atoms with Crippen LogP contribution in [0.5, 0.6) is 5.75 Å². The average molecular weight is 249 g/mol. The van der Waals surface area contributed by atoms with Gasteiger partial charge >= 0.3 is 0 Å². The highest BCUT2D eigenvalue weighted by molar-refractivity contribution is 5.72. The fraction of sp³-hybridized carbons (Fsp3) is 0.357. The molecule has 0 saturated heterocycles. The Kier molecular flexibility index (Phi) is 5.72. The predicted octanol–water partition coefficient (Wildman–Crippen LogP) is 2.10. The van der Waals surface area contributed by atoms with Gasteiger partial charge in [0, 0.05) is 31.5 Å². The smallest absolute Gasteiger partial charge is 0.216 e. The van der Waals surface area contributed by atoms with E-state index >= 15 is 0 Å². The molecule has 0 bridgehead atoms. The van der Waals surface area contributed by atoms with Crippen molar-refractivity contribution in [2.45, 2.75) is 20.3 Å². The molecule has 1 amide bonds. The zero-order valence-electron chi connectivity index (χ0n) is 10.5. The van der Waals surface area contributed by atoms with E-state index in [2.05, 4.69) is 17.2 Å². The summed E-state index contributed by atoms with van der Waals surface area (Å²) in [7, 11) is 0. The topological polar surface area (TPSA) is 38.3 Å². The third kappa shape index (κ3) is 5.35. The largest absolute Gasteiger partial charge is 0.494 e. The number of rotatable bonds is 4. The lowest BCUT2D eigenvalue weighted by atomic mass is 10.2. The Morgan fingerprint density at radius 2 is 2.22 bits per heavy atom. The second-order valence-corrected chi connectivity index (χ2v) is 3.64. The Morgan fingerprint density at radius 1 is 1.44 bits per heavy atom. The molecule has 1 aromatic rings. The van der Waals surface area contributed by atoms with E-state index in [1.54, 1.807) is 6.07 Å². The molecule has 0 radical (unpaired) electrons. The first-order valence-electron chi connectivity index (χ1n) is 5.78. The molecule has 96 valence electrons. The SMILES string of the molecule is CCOc1cc(F)cc(C#CCCNC(C)=O)c1. The zero-order valence-corrected chi connectivity index (χ0v) is 10.5. The molecule has 0 aromatic heterocycles. The summed E-state index contributed by atoms with van der Waals surface area (Å²) in [4.78, 5) is 10.6. The summed E-state index contributed by atoms with van der Waals surface area (Å²) in [5.41, 5.74) is 0.571. The second kappa shape index (κ2) is 7.33. The van der Waals surface area contributed by atoms with E-state index in [1.807, 2.05) is 6.92 Å². The monoisotopic (exact) mass is 249 g/mol. The third-order valence-electron chi connectivity index (χ3n) is 2.04. The van der Waals surface area contributed by atoms with E-state index in [0.717, 1.165) is 0 Å². The number of ether oxygens (including phenoxy) is 1. The van der Waals surface area contributed by atoms with Gasteiger partial charge in [0.15, 0.2) is 0 Å². The number of nitrogens with one attached hydrogen (secondary N) is 1. The van der Waals surface area contributed by atoms with Gasteiger partial charge in [-0.1, -0.05) is 11.8 Å². The summed E-state index contributed by atoms with van der Waals surface area (Å²) < 4.78 is 18.4. The van der Waals surface area contributed by atoms with Crippen LogP contribution in [0.15, 0.2) is 18.2 Å². The van der Waals surface area contributed by atoms with Crippen molar-refractivity contribution in [3.8, 4) is 17.6 Å². The van der Waals surface area contributed by atoms with E-state index in [1.165, 1.54) is 19.1 Å². The first kappa shape index (κ1) is 14.0. The summed E-state index contributed by atoms with van der Waals surface area (Å²) in [6.07, 6.45) is 0.528. The summed E-state index contributed by atoms with van der Waals surface area (Å²) >= 11 is 0. The van der Waals surface area contributed by atoms with Gasteiger partial charge in [-0.2, -0.15) is 0 Å². The van der Waals surface area contributed by atoms with Crippen molar-refractivity contribution in [2.75, 3.05) is 13.2 Å². The van der Waals surface area contributed by atoms with Crippen LogP contribution < -0.4 is 10.1 Å². The highest BCUT2D eigenvalue weighted by Crippen LogP contribution is 2.15. The van der Waals surface area contributed by atoms with Gasteiger partial charge < -0.3 is 10.1 Å². The van der Waals surface area contributed by atoms with Crippen molar-refractivity contribution in [1.82, 2.24) is 5.32 Å². The van der Waals surface area contributed by atoms with Crippen LogP contribution in [0, 0.1) is 17.7 Å². The van der Waals surface area contributed by atoms with E-state index in [9.17, 15) is 9.18 Å². The molecule has 3 nitrogen and oxygen atoms in total. The van der Waals surface area contributed by atoms with Crippen molar-refractivity contribution in [2.24, 2.45) is 0 Å². The quantitative estimate of drug-likeness (QED) is 0.655. The molecule has 0 aliphatic rings. The molecule has 0 spiro atoms. The number of benzene rings is 1. The van der Waals surface area contributed by atoms with E-state index in [4.69, 9.17) is 4.74 Å². The maximum absolute atomic E-state index is 13.2. The second-order valence-electron chi connectivity index (χ2n) is 3.64. The van der Waals surface area contributed by atoms with Crippen LogP contribution in [-0.4, -0.2) is 19.1 Å². The van der Waals surface area contributed by atoms with E-state index < -0.39 is 0 Å².